The second-order valence-electron chi connectivity index (χ2n) is 12.2. The van der Waals surface area contributed by atoms with Crippen molar-refractivity contribution in [2.45, 2.75) is 12.5 Å². The highest BCUT2D eigenvalue weighted by atomic mass is 16.5. The molecule has 0 saturated carbocycles. The molecule has 0 aliphatic carbocycles. The Morgan fingerprint density at radius 1 is 0.812 bits per heavy atom. The van der Waals surface area contributed by atoms with Gasteiger partial charge in [0, 0.05) is 78.1 Å². The van der Waals surface area contributed by atoms with Crippen LogP contribution in [0.5, 0.6) is 0 Å². The topological polar surface area (TPSA) is 129 Å². The maximum atomic E-state index is 12.9. The van der Waals surface area contributed by atoms with Gasteiger partial charge in [-0.1, -0.05) is 6.07 Å². The van der Waals surface area contributed by atoms with E-state index in [1.807, 2.05) is 55.4 Å². The summed E-state index contributed by atoms with van der Waals surface area (Å²) in [6.07, 6.45) is 6.05. The Morgan fingerprint density at radius 2 is 1.48 bits per heavy atom. The molecule has 0 spiro atoms. The summed E-state index contributed by atoms with van der Waals surface area (Å²) in [5.74, 6) is 1.46. The first kappa shape index (κ1) is 31.2. The van der Waals surface area contributed by atoms with Gasteiger partial charge in [-0.2, -0.15) is 0 Å². The molecule has 12 nitrogen and oxygen atoms in total. The van der Waals surface area contributed by atoms with E-state index in [1.54, 1.807) is 36.7 Å². The Bertz CT molecular complexity index is 1910. The van der Waals surface area contributed by atoms with Crippen molar-refractivity contribution >= 4 is 40.0 Å². The Morgan fingerprint density at radius 3 is 2.15 bits per heavy atom. The first-order valence-corrected chi connectivity index (χ1v) is 16.1. The van der Waals surface area contributed by atoms with Gasteiger partial charge in [0.15, 0.2) is 5.82 Å². The normalized spacial score (nSPS) is 16.4. The number of hydrogen-bond donors (Lipinski definition) is 2. The van der Waals surface area contributed by atoms with Crippen molar-refractivity contribution in [3.63, 3.8) is 0 Å². The largest absolute Gasteiger partial charge is 0.378 e. The van der Waals surface area contributed by atoms with E-state index in [1.165, 1.54) is 6.33 Å². The van der Waals surface area contributed by atoms with Crippen molar-refractivity contribution in [3.05, 3.63) is 91.0 Å². The Hall–Kier alpha value is -5.46. The third kappa shape index (κ3) is 6.80. The van der Waals surface area contributed by atoms with Crippen molar-refractivity contribution < 1.29 is 14.3 Å². The fourth-order valence-corrected chi connectivity index (χ4v) is 6.11. The molecule has 2 N–H and O–H groups in total. The molecule has 244 valence electrons. The van der Waals surface area contributed by atoms with E-state index < -0.39 is 0 Å². The number of amides is 3. The van der Waals surface area contributed by atoms with Gasteiger partial charge >= 0.3 is 6.03 Å². The summed E-state index contributed by atoms with van der Waals surface area (Å²) in [6, 6.07) is 20.6. The number of anilines is 3. The predicted molar refractivity (Wildman–Crippen MR) is 186 cm³/mol. The quantitative estimate of drug-likeness (QED) is 0.252. The number of hydrogen-bond acceptors (Lipinski definition) is 9. The summed E-state index contributed by atoms with van der Waals surface area (Å²) in [6.45, 7) is 4.23. The SMILES string of the molecule is CN(C)[C@@H]1CCN(C(=O)c2ccc(NC(=O)Nc3ccc(-c4nc(N5CCOCC5)c5ccc(-c6cncnc6)cc5n4)cc3)cc2)C1. The number of fused-ring (bicyclic) bond motifs is 1. The van der Waals surface area contributed by atoms with E-state index in [9.17, 15) is 9.59 Å². The standard InChI is InChI=1S/C36H37N9O3/c1-43(2)30-13-14-45(22-30)35(46)25-5-10-29(11-6-25)40-36(47)39-28-8-3-24(4-9-28)33-41-32-19-26(27-20-37-23-38-21-27)7-12-31(32)34(42-33)44-15-17-48-18-16-44/h3-12,19-21,23,30H,13-18,22H2,1-2H3,(H2,39,40,47)/t30-/m1/s1. The van der Waals surface area contributed by atoms with E-state index in [-0.39, 0.29) is 11.9 Å². The van der Waals surface area contributed by atoms with Gasteiger partial charge in [0.2, 0.25) is 0 Å². The number of likely N-dealkylation sites (N-methyl/N-ethyl adjacent to an activating group) is 1. The molecular formula is C36H37N9O3. The molecule has 2 fully saturated rings. The van der Waals surface area contributed by atoms with Crippen LogP contribution < -0.4 is 15.5 Å². The van der Waals surface area contributed by atoms with Gasteiger partial charge in [0.05, 0.1) is 18.7 Å². The van der Waals surface area contributed by atoms with Crippen LogP contribution in [0.3, 0.4) is 0 Å². The zero-order chi connectivity index (χ0) is 33.0. The van der Waals surface area contributed by atoms with E-state index in [0.717, 1.165) is 66.0 Å². The van der Waals surface area contributed by atoms with E-state index >= 15 is 0 Å². The number of ether oxygens (including phenoxy) is 1. The van der Waals surface area contributed by atoms with Gasteiger partial charge in [-0.15, -0.1) is 0 Å². The van der Waals surface area contributed by atoms with E-state index in [0.29, 0.717) is 42.0 Å². The summed E-state index contributed by atoms with van der Waals surface area (Å²) < 4.78 is 5.60. The maximum absolute atomic E-state index is 12.9. The average Bonchev–Trinajstić information content (AvgIpc) is 3.63. The molecule has 4 heterocycles. The van der Waals surface area contributed by atoms with Crippen LogP contribution in [0.15, 0.2) is 85.5 Å². The zero-order valence-corrected chi connectivity index (χ0v) is 27.0. The summed E-state index contributed by atoms with van der Waals surface area (Å²) in [5.41, 5.74) is 5.33. The Labute approximate surface area is 278 Å². The summed E-state index contributed by atoms with van der Waals surface area (Å²) in [5, 5.41) is 6.69. The second-order valence-corrected chi connectivity index (χ2v) is 12.2. The Kier molecular flexibility index (Phi) is 8.91. The van der Waals surface area contributed by atoms with Crippen LogP contribution in [0, 0.1) is 0 Å². The van der Waals surface area contributed by atoms with E-state index in [4.69, 9.17) is 14.7 Å². The molecule has 7 rings (SSSR count). The lowest BCUT2D eigenvalue weighted by atomic mass is 10.1. The fourth-order valence-electron chi connectivity index (χ4n) is 6.11. The lowest BCUT2D eigenvalue weighted by molar-refractivity contribution is 0.0783. The molecular weight excluding hydrogens is 606 g/mol. The number of morpholine rings is 1. The number of likely N-dealkylation sites (tertiary alicyclic amines) is 1. The van der Waals surface area contributed by atoms with Crippen LogP contribution in [0.4, 0.5) is 22.0 Å². The summed E-state index contributed by atoms with van der Waals surface area (Å²) in [7, 11) is 4.08. The molecule has 2 aliphatic rings. The van der Waals surface area contributed by atoms with Gasteiger partial charge in [-0.05, 0) is 86.7 Å². The molecule has 3 aromatic carbocycles. The zero-order valence-electron chi connectivity index (χ0n) is 27.0. The minimum atomic E-state index is -0.385. The van der Waals surface area contributed by atoms with Crippen LogP contribution in [-0.2, 0) is 4.74 Å². The third-order valence-electron chi connectivity index (χ3n) is 8.85. The van der Waals surface area contributed by atoms with Crippen LogP contribution in [0.2, 0.25) is 0 Å². The molecule has 1 atom stereocenters. The number of carbonyl (C=O) groups is 2. The van der Waals surface area contributed by atoms with Gasteiger partial charge in [-0.25, -0.2) is 24.7 Å². The number of rotatable bonds is 7. The van der Waals surface area contributed by atoms with E-state index in [2.05, 4.69) is 36.5 Å². The first-order chi connectivity index (χ1) is 23.4. The average molecular weight is 644 g/mol. The molecule has 3 amide bonds. The smallest absolute Gasteiger partial charge is 0.323 e. The van der Waals surface area contributed by atoms with Crippen molar-refractivity contribution in [1.29, 1.82) is 0 Å². The minimum absolute atomic E-state index is 0.00846. The van der Waals surface area contributed by atoms with Gasteiger partial charge in [-0.3, -0.25) is 4.79 Å². The Balaban J connectivity index is 1.05. The van der Waals surface area contributed by atoms with Crippen LogP contribution in [0.25, 0.3) is 33.4 Å². The highest BCUT2D eigenvalue weighted by Crippen LogP contribution is 2.31. The molecule has 48 heavy (non-hydrogen) atoms. The molecule has 5 aromatic rings. The van der Waals surface area contributed by atoms with Gasteiger partial charge in [0.25, 0.3) is 5.91 Å². The number of aromatic nitrogens is 4. The molecule has 2 aliphatic heterocycles. The highest BCUT2D eigenvalue weighted by Gasteiger charge is 2.28. The second kappa shape index (κ2) is 13.7. The van der Waals surface area contributed by atoms with Crippen LogP contribution in [-0.4, -0.2) is 101 Å². The molecule has 0 bridgehead atoms. The number of urea groups is 1. The van der Waals surface area contributed by atoms with Crippen LogP contribution in [0.1, 0.15) is 16.8 Å². The predicted octanol–water partition coefficient (Wildman–Crippen LogP) is 5.01. The van der Waals surface area contributed by atoms with Crippen molar-refractivity contribution in [3.8, 4) is 22.5 Å². The van der Waals surface area contributed by atoms with Gasteiger partial charge in [0.1, 0.15) is 12.1 Å². The van der Waals surface area contributed by atoms with Crippen LogP contribution >= 0.6 is 0 Å². The minimum Gasteiger partial charge on any atom is -0.378 e. The molecule has 12 heteroatoms. The number of benzene rings is 3. The van der Waals surface area contributed by atoms with Crippen molar-refractivity contribution in [1.82, 2.24) is 29.7 Å². The molecule has 2 saturated heterocycles. The summed E-state index contributed by atoms with van der Waals surface area (Å²) in [4.78, 5) is 50.3. The highest BCUT2D eigenvalue weighted by molar-refractivity contribution is 6.01. The van der Waals surface area contributed by atoms with Crippen molar-refractivity contribution in [2.24, 2.45) is 0 Å². The first-order valence-electron chi connectivity index (χ1n) is 16.1. The number of nitrogens with one attached hydrogen (secondary N) is 2. The number of nitrogens with zero attached hydrogens (tertiary/aromatic N) is 7. The summed E-state index contributed by atoms with van der Waals surface area (Å²) >= 11 is 0. The maximum Gasteiger partial charge on any atom is 0.323 e. The fraction of sp³-hybridized carbons (Fsp3) is 0.278. The monoisotopic (exact) mass is 643 g/mol. The molecule has 2 aromatic heterocycles. The molecule has 0 unspecified atom stereocenters. The third-order valence-corrected chi connectivity index (χ3v) is 8.85. The van der Waals surface area contributed by atoms with Gasteiger partial charge < -0.3 is 30.1 Å². The molecule has 0 radical (unpaired) electrons. The number of carbonyl (C=O) groups excluding carboxylic acids is 2. The lowest BCUT2D eigenvalue weighted by Gasteiger charge is -2.29. The lowest BCUT2D eigenvalue weighted by Crippen LogP contribution is -2.37. The van der Waals surface area contributed by atoms with Crippen molar-refractivity contribution in [2.75, 3.05) is 69.0 Å².